The molecule has 7 heteroatoms. The van der Waals surface area contributed by atoms with Gasteiger partial charge in [0, 0.05) is 19.1 Å². The van der Waals surface area contributed by atoms with Crippen LogP contribution in [-0.2, 0) is 4.79 Å². The van der Waals surface area contributed by atoms with Crippen molar-refractivity contribution in [2.75, 3.05) is 19.7 Å². The second kappa shape index (κ2) is 10.0. The Kier molecular flexibility index (Phi) is 6.75. The Hall–Kier alpha value is -3.74. The van der Waals surface area contributed by atoms with Crippen LogP contribution in [0.4, 0.5) is 0 Å². The molecule has 0 spiro atoms. The van der Waals surface area contributed by atoms with E-state index < -0.39 is 0 Å². The van der Waals surface area contributed by atoms with Crippen LogP contribution in [0.25, 0.3) is 0 Å². The van der Waals surface area contributed by atoms with Gasteiger partial charge in [0.05, 0.1) is 11.8 Å². The second-order valence-corrected chi connectivity index (χ2v) is 7.82. The fourth-order valence-electron chi connectivity index (χ4n) is 3.56. The number of nitrogens with one attached hydrogen (secondary N) is 1. The maximum absolute atomic E-state index is 12.3. The Morgan fingerprint density at radius 1 is 0.969 bits per heavy atom. The Bertz CT molecular complexity index is 1020. The number of benzene rings is 2. The van der Waals surface area contributed by atoms with Gasteiger partial charge in [-0.25, -0.2) is 0 Å². The summed E-state index contributed by atoms with van der Waals surface area (Å²) in [5.41, 5.74) is 1.73. The van der Waals surface area contributed by atoms with Crippen LogP contribution in [0.2, 0.25) is 0 Å². The highest BCUT2D eigenvalue weighted by Gasteiger charge is 2.25. The van der Waals surface area contributed by atoms with Gasteiger partial charge in [-0.3, -0.25) is 9.59 Å². The van der Waals surface area contributed by atoms with Crippen molar-refractivity contribution in [1.82, 2.24) is 10.2 Å². The number of furan rings is 1. The third-order valence-electron chi connectivity index (χ3n) is 5.37. The molecule has 0 atom stereocenters. The van der Waals surface area contributed by atoms with Crippen molar-refractivity contribution >= 4 is 11.8 Å². The lowest BCUT2D eigenvalue weighted by Crippen LogP contribution is -2.47. The van der Waals surface area contributed by atoms with Crippen molar-refractivity contribution in [3.8, 4) is 17.2 Å². The molecule has 1 aliphatic rings. The fourth-order valence-corrected chi connectivity index (χ4v) is 3.56. The Morgan fingerprint density at radius 2 is 1.59 bits per heavy atom. The molecule has 0 saturated carbocycles. The van der Waals surface area contributed by atoms with Crippen molar-refractivity contribution in [2.24, 2.45) is 0 Å². The smallest absolute Gasteiger partial charge is 0.258 e. The number of hydrogen-bond acceptors (Lipinski definition) is 5. The van der Waals surface area contributed by atoms with Crippen LogP contribution in [0.5, 0.6) is 17.2 Å². The lowest BCUT2D eigenvalue weighted by Gasteiger charge is -2.32. The van der Waals surface area contributed by atoms with Crippen molar-refractivity contribution in [3.63, 3.8) is 0 Å². The lowest BCUT2D eigenvalue weighted by molar-refractivity contribution is -0.124. The largest absolute Gasteiger partial charge is 0.484 e. The number of aryl methyl sites for hydroxylation is 1. The minimum atomic E-state index is -0.176. The summed E-state index contributed by atoms with van der Waals surface area (Å²) < 4.78 is 16.4. The summed E-state index contributed by atoms with van der Waals surface area (Å²) in [7, 11) is 0. The topological polar surface area (TPSA) is 81.0 Å². The first-order chi connectivity index (χ1) is 15.6. The molecule has 1 aliphatic heterocycles. The fraction of sp³-hybridized carbons (Fsp3) is 0.280. The van der Waals surface area contributed by atoms with Gasteiger partial charge in [0.1, 0.15) is 23.5 Å². The third kappa shape index (κ3) is 5.69. The minimum Gasteiger partial charge on any atom is -0.484 e. The number of amides is 2. The van der Waals surface area contributed by atoms with Crippen LogP contribution in [0.1, 0.15) is 28.8 Å². The standard InChI is InChI=1S/C25H26N2O5/c1-18-2-4-22(5-3-18)32-23-8-6-21(7-9-23)31-17-24(28)26-20-10-13-27(14-11-20)25(29)19-12-15-30-16-19/h2-9,12,15-16,20H,10-11,13-14,17H2,1H3,(H,26,28). The number of carbonyl (C=O) groups is 2. The number of ether oxygens (including phenoxy) is 2. The molecule has 0 bridgehead atoms. The monoisotopic (exact) mass is 434 g/mol. The van der Waals surface area contributed by atoms with Gasteiger partial charge in [-0.2, -0.15) is 0 Å². The van der Waals surface area contributed by atoms with Crippen molar-refractivity contribution in [3.05, 3.63) is 78.3 Å². The van der Waals surface area contributed by atoms with Crippen molar-refractivity contribution in [2.45, 2.75) is 25.8 Å². The summed E-state index contributed by atoms with van der Waals surface area (Å²) in [6, 6.07) is 16.7. The van der Waals surface area contributed by atoms with E-state index in [9.17, 15) is 9.59 Å². The van der Waals surface area contributed by atoms with Gasteiger partial charge in [0.2, 0.25) is 0 Å². The van der Waals surface area contributed by atoms with E-state index >= 15 is 0 Å². The molecule has 0 radical (unpaired) electrons. The van der Waals surface area contributed by atoms with E-state index in [-0.39, 0.29) is 24.5 Å². The molecule has 1 fully saturated rings. The van der Waals surface area contributed by atoms with Gasteiger partial charge in [-0.05, 0) is 62.2 Å². The van der Waals surface area contributed by atoms with Gasteiger partial charge in [0.15, 0.2) is 6.61 Å². The van der Waals surface area contributed by atoms with Gasteiger partial charge in [-0.1, -0.05) is 17.7 Å². The molecule has 1 saturated heterocycles. The molecule has 1 aromatic heterocycles. The van der Waals surface area contributed by atoms with Gasteiger partial charge < -0.3 is 24.1 Å². The molecule has 0 aliphatic carbocycles. The van der Waals surface area contributed by atoms with E-state index in [2.05, 4.69) is 5.32 Å². The van der Waals surface area contributed by atoms with E-state index in [1.54, 1.807) is 35.2 Å². The summed E-state index contributed by atoms with van der Waals surface area (Å²) in [5.74, 6) is 1.84. The number of hydrogen-bond donors (Lipinski definition) is 1. The quantitative estimate of drug-likeness (QED) is 0.603. The summed E-state index contributed by atoms with van der Waals surface area (Å²) >= 11 is 0. The van der Waals surface area contributed by atoms with Crippen molar-refractivity contribution in [1.29, 1.82) is 0 Å². The van der Waals surface area contributed by atoms with Gasteiger partial charge in [0.25, 0.3) is 11.8 Å². The summed E-state index contributed by atoms with van der Waals surface area (Å²) in [5, 5.41) is 2.99. The zero-order valence-corrected chi connectivity index (χ0v) is 18.0. The first-order valence-electron chi connectivity index (χ1n) is 10.6. The lowest BCUT2D eigenvalue weighted by atomic mass is 10.0. The van der Waals surface area contributed by atoms with E-state index in [1.807, 2.05) is 31.2 Å². The minimum absolute atomic E-state index is 0.0322. The summed E-state index contributed by atoms with van der Waals surface area (Å²) in [6.45, 7) is 3.15. The van der Waals surface area contributed by atoms with Crippen LogP contribution in [0, 0.1) is 6.92 Å². The molecule has 1 N–H and O–H groups in total. The van der Waals surface area contributed by atoms with Crippen LogP contribution in [0.15, 0.2) is 71.5 Å². The highest BCUT2D eigenvalue weighted by Crippen LogP contribution is 2.24. The highest BCUT2D eigenvalue weighted by atomic mass is 16.5. The van der Waals surface area contributed by atoms with Gasteiger partial charge in [-0.15, -0.1) is 0 Å². The summed E-state index contributed by atoms with van der Waals surface area (Å²) in [6.07, 6.45) is 4.36. The second-order valence-electron chi connectivity index (χ2n) is 7.82. The molecule has 3 aromatic rings. The number of carbonyl (C=O) groups excluding carboxylic acids is 2. The maximum atomic E-state index is 12.3. The normalized spacial score (nSPS) is 14.1. The van der Waals surface area contributed by atoms with Crippen LogP contribution in [-0.4, -0.2) is 42.5 Å². The first-order valence-corrected chi connectivity index (χ1v) is 10.6. The number of nitrogens with zero attached hydrogens (tertiary/aromatic N) is 1. The average molecular weight is 434 g/mol. The molecule has 166 valence electrons. The predicted molar refractivity (Wildman–Crippen MR) is 119 cm³/mol. The molecule has 4 rings (SSSR count). The third-order valence-corrected chi connectivity index (χ3v) is 5.37. The van der Waals surface area contributed by atoms with Crippen LogP contribution in [0.3, 0.4) is 0 Å². The highest BCUT2D eigenvalue weighted by molar-refractivity contribution is 5.93. The molecular formula is C25H26N2O5. The zero-order valence-electron chi connectivity index (χ0n) is 18.0. The number of rotatable bonds is 7. The molecule has 2 aromatic carbocycles. The molecule has 7 nitrogen and oxygen atoms in total. The van der Waals surface area contributed by atoms with Gasteiger partial charge >= 0.3 is 0 Å². The average Bonchev–Trinajstić information content (AvgIpc) is 3.35. The molecule has 2 amide bonds. The SMILES string of the molecule is Cc1ccc(Oc2ccc(OCC(=O)NC3CCN(C(=O)c4ccoc4)CC3)cc2)cc1. The van der Waals surface area contributed by atoms with Crippen LogP contribution >= 0.6 is 0 Å². The molecule has 2 heterocycles. The maximum Gasteiger partial charge on any atom is 0.258 e. The summed E-state index contributed by atoms with van der Waals surface area (Å²) in [4.78, 5) is 26.4. The number of likely N-dealkylation sites (tertiary alicyclic amines) is 1. The Morgan fingerprint density at radius 3 is 2.22 bits per heavy atom. The van der Waals surface area contributed by atoms with Crippen molar-refractivity contribution < 1.29 is 23.5 Å². The predicted octanol–water partition coefficient (Wildman–Crippen LogP) is 4.18. The molecule has 32 heavy (non-hydrogen) atoms. The van der Waals surface area contributed by atoms with E-state index in [4.69, 9.17) is 13.9 Å². The van der Waals surface area contributed by atoms with E-state index in [0.717, 1.165) is 5.75 Å². The van der Waals surface area contributed by atoms with E-state index in [1.165, 1.54) is 18.1 Å². The Labute approximate surface area is 186 Å². The van der Waals surface area contributed by atoms with Crippen LogP contribution < -0.4 is 14.8 Å². The zero-order chi connectivity index (χ0) is 22.3. The first kappa shape index (κ1) is 21.5. The number of piperidine rings is 1. The Balaban J connectivity index is 1.18. The van der Waals surface area contributed by atoms with E-state index in [0.29, 0.717) is 43.0 Å². The molecule has 0 unspecified atom stereocenters. The molecular weight excluding hydrogens is 408 g/mol.